The Kier molecular flexibility index (Phi) is 17.4. The normalized spacial score (nSPS) is 18.5. The van der Waals surface area contributed by atoms with Crippen molar-refractivity contribution in [2.45, 2.75) is 110 Å². The van der Waals surface area contributed by atoms with Gasteiger partial charge in [0.15, 0.2) is 0 Å². The van der Waals surface area contributed by atoms with Crippen LogP contribution in [0.15, 0.2) is 79.1 Å². The van der Waals surface area contributed by atoms with Crippen LogP contribution in [0.2, 0.25) is 0 Å². The summed E-state index contributed by atoms with van der Waals surface area (Å²) >= 11 is 0. The fourth-order valence-electron chi connectivity index (χ4n) is 9.49. The molecule has 73 heavy (non-hydrogen) atoms. The van der Waals surface area contributed by atoms with Gasteiger partial charge in [-0.1, -0.05) is 71.6 Å². The molecule has 2 unspecified atom stereocenters. The molecule has 0 aliphatic carbocycles. The average molecular weight is 1010 g/mol. The largest absolute Gasteiger partial charge is 0.453 e. The summed E-state index contributed by atoms with van der Waals surface area (Å²) in [5.74, 6) is 3.98. The lowest BCUT2D eigenvalue weighted by molar-refractivity contribution is -0.132. The number of fused-ring (bicyclic) bond motifs is 2. The number of piperazine rings is 1. The van der Waals surface area contributed by atoms with Crippen molar-refractivity contribution < 1.29 is 47.3 Å². The van der Waals surface area contributed by atoms with Gasteiger partial charge >= 0.3 is 12.2 Å². The Bertz CT molecular complexity index is 2600. The molecule has 2 bridgehead atoms. The first-order chi connectivity index (χ1) is 34.7. The molecule has 2 aromatic carbocycles. The van der Waals surface area contributed by atoms with Gasteiger partial charge in [0.25, 0.3) is 5.91 Å². The molecule has 3 saturated heterocycles. The molecule has 0 radical (unpaired) electrons. The van der Waals surface area contributed by atoms with Crippen LogP contribution in [0.1, 0.15) is 76.6 Å². The van der Waals surface area contributed by atoms with Crippen LogP contribution in [0.4, 0.5) is 24.2 Å². The predicted molar refractivity (Wildman–Crippen MR) is 269 cm³/mol. The van der Waals surface area contributed by atoms with Crippen molar-refractivity contribution in [1.29, 1.82) is 0 Å². The van der Waals surface area contributed by atoms with E-state index in [0.29, 0.717) is 34.9 Å². The molecular formula is C54H67F2N9O8. The number of aromatic nitrogens is 2. The molecule has 0 saturated carbocycles. The van der Waals surface area contributed by atoms with Crippen molar-refractivity contribution in [3.05, 3.63) is 113 Å². The second-order valence-corrected chi connectivity index (χ2v) is 21.0. The van der Waals surface area contributed by atoms with E-state index in [1.54, 1.807) is 78.1 Å². The lowest BCUT2D eigenvalue weighted by atomic mass is 9.85. The first kappa shape index (κ1) is 54.1. The monoisotopic (exact) mass is 1010 g/mol. The fraction of sp³-hybridized carbons (Fsp3) is 0.481. The minimum absolute atomic E-state index is 0.0171. The number of nitrogens with zero attached hydrogens (tertiary/aromatic N) is 5. The number of hydrogen-bond donors (Lipinski definition) is 5. The zero-order valence-electron chi connectivity index (χ0n) is 42.7. The molecule has 17 nitrogen and oxygen atoms in total. The number of pyridine rings is 2. The van der Waals surface area contributed by atoms with Crippen LogP contribution in [0, 0.1) is 34.3 Å². The number of alkyl carbamates (subject to hydrolysis) is 2. The van der Waals surface area contributed by atoms with Crippen LogP contribution in [0.25, 0.3) is 11.3 Å². The van der Waals surface area contributed by atoms with Crippen molar-refractivity contribution in [3.63, 3.8) is 0 Å². The molecule has 4 aromatic rings. The highest BCUT2D eigenvalue weighted by Crippen LogP contribution is 2.35. The molecule has 19 heteroatoms. The van der Waals surface area contributed by atoms with Crippen molar-refractivity contribution in [2.75, 3.05) is 52.0 Å². The van der Waals surface area contributed by atoms with E-state index >= 15 is 8.78 Å². The Morgan fingerprint density at radius 3 is 1.90 bits per heavy atom. The highest BCUT2D eigenvalue weighted by atomic mass is 19.1. The standard InChI is InChI=1S/C54H67F2N9O8/c1-53(2,3)47(60-51(69)71-7)49(67)59-44(23-34-15-12-33(13-16-34)14-17-35-18-21-46(58-26-35)63-27-37-19-20-38(28-63)65(37)39-31-73-32-39)45(66)30-64(62-50(68)48(54(4,5)6)61-52(70)72-8)29-40-41(55)24-36(25-42(40)56)43-11-9-10-22-57-43/h9-13,15-16,18,21-22,24-26,37-39,44-45,47-48,66H,19-20,23,27-32H2,1-8H3,(H,59,67)(H,60,69)(H,61,70)(H,62,68)/t37?,38?,44-,45-,47+,48+/m0/s1. The Morgan fingerprint density at radius 2 is 1.38 bits per heavy atom. The molecule has 4 amide bonds. The Hall–Kier alpha value is -6.72. The van der Waals surface area contributed by atoms with E-state index < -0.39 is 89.3 Å². The fourth-order valence-corrected chi connectivity index (χ4v) is 9.49. The summed E-state index contributed by atoms with van der Waals surface area (Å²) in [5, 5.41) is 21.3. The lowest BCUT2D eigenvalue weighted by Crippen LogP contribution is -2.62. The number of methoxy groups -OCH3 is 2. The number of carbonyl (C=O) groups excluding carboxylic acids is 4. The topological polar surface area (TPSA) is 200 Å². The molecule has 0 spiro atoms. The third kappa shape index (κ3) is 13.9. The van der Waals surface area contributed by atoms with Crippen molar-refractivity contribution in [3.8, 4) is 23.1 Å². The lowest BCUT2D eigenvalue weighted by Gasteiger charge is -2.47. The number of anilines is 1. The number of amides is 4. The molecule has 3 aliphatic rings. The number of rotatable bonds is 16. The van der Waals surface area contributed by atoms with Gasteiger partial charge < -0.3 is 40.2 Å². The van der Waals surface area contributed by atoms with Gasteiger partial charge in [-0.3, -0.25) is 24.9 Å². The predicted octanol–water partition coefficient (Wildman–Crippen LogP) is 5.34. The number of aliphatic hydroxyl groups is 1. The average Bonchev–Trinajstić information content (AvgIpc) is 3.57. The van der Waals surface area contributed by atoms with Gasteiger partial charge in [-0.25, -0.2) is 28.4 Å². The number of hydrazine groups is 1. The van der Waals surface area contributed by atoms with E-state index in [1.807, 2.05) is 24.3 Å². The van der Waals surface area contributed by atoms with Crippen LogP contribution in [0.5, 0.6) is 0 Å². The van der Waals surface area contributed by atoms with E-state index in [9.17, 15) is 24.3 Å². The van der Waals surface area contributed by atoms with E-state index in [2.05, 4.69) is 48.0 Å². The van der Waals surface area contributed by atoms with Crippen molar-refractivity contribution >= 4 is 29.8 Å². The molecule has 2 aromatic heterocycles. The number of aliphatic hydroxyl groups excluding tert-OH is 1. The van der Waals surface area contributed by atoms with Crippen LogP contribution < -0.4 is 26.3 Å². The zero-order chi connectivity index (χ0) is 52.6. The van der Waals surface area contributed by atoms with E-state index in [-0.39, 0.29) is 12.0 Å². The van der Waals surface area contributed by atoms with E-state index in [0.717, 1.165) is 61.9 Å². The summed E-state index contributed by atoms with van der Waals surface area (Å²) in [7, 11) is 2.31. The molecular weight excluding hydrogens is 941 g/mol. The third-order valence-electron chi connectivity index (χ3n) is 13.5. The van der Waals surface area contributed by atoms with E-state index in [1.165, 1.54) is 26.1 Å². The maximum Gasteiger partial charge on any atom is 0.407 e. The third-order valence-corrected chi connectivity index (χ3v) is 13.5. The van der Waals surface area contributed by atoms with Crippen LogP contribution in [-0.2, 0) is 36.8 Å². The van der Waals surface area contributed by atoms with Crippen LogP contribution >= 0.6 is 0 Å². The first-order valence-electron chi connectivity index (χ1n) is 24.5. The summed E-state index contributed by atoms with van der Waals surface area (Å²) in [5.41, 5.74) is 3.10. The highest BCUT2D eigenvalue weighted by molar-refractivity contribution is 5.87. The van der Waals surface area contributed by atoms with E-state index in [4.69, 9.17) is 19.2 Å². The highest BCUT2D eigenvalue weighted by Gasteiger charge is 2.45. The van der Waals surface area contributed by atoms with Crippen molar-refractivity contribution in [1.82, 2.24) is 41.3 Å². The number of halogens is 2. The Labute approximate surface area is 425 Å². The zero-order valence-corrected chi connectivity index (χ0v) is 42.7. The minimum Gasteiger partial charge on any atom is -0.453 e. The smallest absolute Gasteiger partial charge is 0.407 e. The quantitative estimate of drug-likeness (QED) is 0.0713. The molecule has 5 heterocycles. The molecule has 5 N–H and O–H groups in total. The number of benzene rings is 2. The maximum absolute atomic E-state index is 16.0. The SMILES string of the molecule is COC(=O)N[C@H](C(=O)N[C@@H](Cc1ccc(C#Cc2ccc(N3CC4CCC(C3)N4C3COC3)nc2)cc1)[C@@H](O)CN(Cc1c(F)cc(-c2ccccn2)cc1F)NC(=O)[C@@H](NC(=O)OC)C(C)(C)C)C(C)(C)C. The molecule has 390 valence electrons. The van der Waals surface area contributed by atoms with Crippen LogP contribution in [0.3, 0.4) is 0 Å². The van der Waals surface area contributed by atoms with Gasteiger partial charge in [-0.05, 0) is 84.2 Å². The summed E-state index contributed by atoms with van der Waals surface area (Å²) in [6.07, 6.45) is 2.38. The van der Waals surface area contributed by atoms with Gasteiger partial charge in [0.05, 0.1) is 51.3 Å². The van der Waals surface area contributed by atoms with Crippen LogP contribution in [-0.4, -0.2) is 138 Å². The summed E-state index contributed by atoms with van der Waals surface area (Å²) < 4.78 is 47.1. The van der Waals surface area contributed by atoms with Gasteiger partial charge in [-0.2, -0.15) is 0 Å². The summed E-state index contributed by atoms with van der Waals surface area (Å²) in [6, 6.07) is 16.5. The molecule has 3 fully saturated rings. The first-order valence-corrected chi connectivity index (χ1v) is 24.5. The van der Waals surface area contributed by atoms with Crippen molar-refractivity contribution in [2.24, 2.45) is 10.8 Å². The minimum atomic E-state index is -1.55. The molecule has 7 rings (SSSR count). The second-order valence-electron chi connectivity index (χ2n) is 21.0. The summed E-state index contributed by atoms with van der Waals surface area (Å²) in [6.45, 7) is 12.7. The van der Waals surface area contributed by atoms with Gasteiger partial charge in [0.2, 0.25) is 5.91 Å². The van der Waals surface area contributed by atoms with Gasteiger partial charge in [0.1, 0.15) is 29.5 Å². The Balaban J connectivity index is 1.12. The van der Waals surface area contributed by atoms with Gasteiger partial charge in [0, 0.05) is 72.9 Å². The van der Waals surface area contributed by atoms with Gasteiger partial charge in [-0.15, -0.1) is 0 Å². The number of carbonyl (C=O) groups is 4. The summed E-state index contributed by atoms with van der Waals surface area (Å²) in [4.78, 5) is 67.1. The number of hydrogen-bond acceptors (Lipinski definition) is 13. The maximum atomic E-state index is 16.0. The molecule has 3 aliphatic heterocycles. The molecule has 6 atom stereocenters. The number of nitrogens with one attached hydrogen (secondary N) is 4. The second kappa shape index (κ2) is 23.4. The number of ether oxygens (including phenoxy) is 3. The Morgan fingerprint density at radius 1 is 0.795 bits per heavy atom.